The fraction of sp³-hybridized carbons (Fsp3) is 0.273. The minimum Gasteiger partial charge on any atom is -0.346 e. The lowest BCUT2D eigenvalue weighted by molar-refractivity contribution is -0.117. The third kappa shape index (κ3) is 4.26. The molecule has 2 N–H and O–H groups in total. The average Bonchev–Trinajstić information content (AvgIpc) is 3.36. The Bertz CT molecular complexity index is 926. The van der Waals surface area contributed by atoms with Crippen LogP contribution in [0, 0.1) is 0 Å². The number of hydrogen-bond acceptors (Lipinski definition) is 3. The molecule has 5 nitrogen and oxygen atoms in total. The van der Waals surface area contributed by atoms with Gasteiger partial charge in [0.15, 0.2) is 0 Å². The molecular formula is C22H24N4O. The SMILES string of the molecule is O=C(C=Cc1c[nH]c2ncccc12)N[C@H](CN1CCCC1)c1ccccc1. The Morgan fingerprint density at radius 3 is 2.81 bits per heavy atom. The molecule has 1 amide bonds. The highest BCUT2D eigenvalue weighted by Gasteiger charge is 2.19. The first kappa shape index (κ1) is 17.5. The molecule has 1 aromatic carbocycles. The van der Waals surface area contributed by atoms with Crippen molar-refractivity contribution in [3.8, 4) is 0 Å². The lowest BCUT2D eigenvalue weighted by atomic mass is 10.1. The van der Waals surface area contributed by atoms with Gasteiger partial charge in [-0.15, -0.1) is 0 Å². The zero-order valence-electron chi connectivity index (χ0n) is 15.3. The summed E-state index contributed by atoms with van der Waals surface area (Å²) in [5.74, 6) is -0.0821. The smallest absolute Gasteiger partial charge is 0.244 e. The molecule has 3 heterocycles. The van der Waals surface area contributed by atoms with Crippen molar-refractivity contribution in [2.24, 2.45) is 0 Å². The van der Waals surface area contributed by atoms with E-state index >= 15 is 0 Å². The van der Waals surface area contributed by atoms with Crippen LogP contribution in [-0.4, -0.2) is 40.4 Å². The van der Waals surface area contributed by atoms with Gasteiger partial charge in [0, 0.05) is 36.0 Å². The fourth-order valence-corrected chi connectivity index (χ4v) is 3.64. The molecule has 3 aromatic rings. The number of nitrogens with one attached hydrogen (secondary N) is 2. The van der Waals surface area contributed by atoms with Crippen molar-refractivity contribution >= 4 is 23.0 Å². The van der Waals surface area contributed by atoms with Gasteiger partial charge in [-0.1, -0.05) is 30.3 Å². The van der Waals surface area contributed by atoms with Crippen LogP contribution in [0.4, 0.5) is 0 Å². The number of H-pyrrole nitrogens is 1. The fourth-order valence-electron chi connectivity index (χ4n) is 3.64. The second-order valence-electron chi connectivity index (χ2n) is 6.96. The van der Waals surface area contributed by atoms with Gasteiger partial charge >= 0.3 is 0 Å². The molecule has 0 bridgehead atoms. The average molecular weight is 360 g/mol. The molecule has 0 spiro atoms. The van der Waals surface area contributed by atoms with E-state index in [2.05, 4.69) is 32.3 Å². The van der Waals surface area contributed by atoms with Crippen LogP contribution in [0.5, 0.6) is 0 Å². The quantitative estimate of drug-likeness (QED) is 0.661. The molecule has 4 rings (SSSR count). The minimum absolute atomic E-state index is 0.00825. The number of pyridine rings is 1. The number of aromatic nitrogens is 2. The van der Waals surface area contributed by atoms with Crippen molar-refractivity contribution in [3.05, 3.63) is 72.1 Å². The van der Waals surface area contributed by atoms with Gasteiger partial charge in [0.25, 0.3) is 0 Å². The Hall–Kier alpha value is -2.92. The van der Waals surface area contributed by atoms with Crippen molar-refractivity contribution in [1.82, 2.24) is 20.2 Å². The number of carbonyl (C=O) groups excluding carboxylic acids is 1. The molecular weight excluding hydrogens is 336 g/mol. The van der Waals surface area contributed by atoms with E-state index in [1.165, 1.54) is 12.8 Å². The molecule has 1 aliphatic rings. The van der Waals surface area contributed by atoms with E-state index in [0.29, 0.717) is 0 Å². The molecule has 1 fully saturated rings. The molecule has 27 heavy (non-hydrogen) atoms. The van der Waals surface area contributed by atoms with Crippen LogP contribution in [0.3, 0.4) is 0 Å². The summed E-state index contributed by atoms with van der Waals surface area (Å²) in [4.78, 5) is 22.4. The van der Waals surface area contributed by atoms with Gasteiger partial charge in [0.1, 0.15) is 5.65 Å². The van der Waals surface area contributed by atoms with Gasteiger partial charge in [-0.3, -0.25) is 4.79 Å². The Morgan fingerprint density at radius 2 is 2.00 bits per heavy atom. The molecule has 5 heteroatoms. The van der Waals surface area contributed by atoms with E-state index in [1.54, 1.807) is 12.3 Å². The zero-order valence-corrected chi connectivity index (χ0v) is 15.3. The molecule has 0 aliphatic carbocycles. The summed E-state index contributed by atoms with van der Waals surface area (Å²) in [6, 6.07) is 14.1. The van der Waals surface area contributed by atoms with Crippen LogP contribution in [0.2, 0.25) is 0 Å². The van der Waals surface area contributed by atoms with Gasteiger partial charge in [0.2, 0.25) is 5.91 Å². The second kappa shape index (κ2) is 8.18. The summed E-state index contributed by atoms with van der Waals surface area (Å²) in [6.07, 6.45) is 9.55. The van der Waals surface area contributed by atoms with Crippen molar-refractivity contribution in [2.75, 3.05) is 19.6 Å². The molecule has 0 saturated carbocycles. The summed E-state index contributed by atoms with van der Waals surface area (Å²) in [7, 11) is 0. The number of aromatic amines is 1. The summed E-state index contributed by atoms with van der Waals surface area (Å²) in [5.41, 5.74) is 2.93. The molecule has 0 radical (unpaired) electrons. The normalized spacial score (nSPS) is 16.1. The van der Waals surface area contributed by atoms with Gasteiger partial charge in [-0.25, -0.2) is 4.98 Å². The topological polar surface area (TPSA) is 61.0 Å². The summed E-state index contributed by atoms with van der Waals surface area (Å²) in [6.45, 7) is 3.06. The molecule has 2 aromatic heterocycles. The van der Waals surface area contributed by atoms with Crippen LogP contribution >= 0.6 is 0 Å². The van der Waals surface area contributed by atoms with E-state index in [4.69, 9.17) is 0 Å². The minimum atomic E-state index is -0.0821. The van der Waals surface area contributed by atoms with E-state index in [-0.39, 0.29) is 11.9 Å². The van der Waals surface area contributed by atoms with Crippen LogP contribution in [-0.2, 0) is 4.79 Å². The number of likely N-dealkylation sites (tertiary alicyclic amines) is 1. The van der Waals surface area contributed by atoms with E-state index < -0.39 is 0 Å². The van der Waals surface area contributed by atoms with Gasteiger partial charge in [-0.2, -0.15) is 0 Å². The van der Waals surface area contributed by atoms with Crippen molar-refractivity contribution in [2.45, 2.75) is 18.9 Å². The number of rotatable bonds is 6. The maximum absolute atomic E-state index is 12.6. The molecule has 1 atom stereocenters. The highest BCUT2D eigenvalue weighted by molar-refractivity contribution is 5.95. The van der Waals surface area contributed by atoms with Gasteiger partial charge in [-0.05, 0) is 49.7 Å². The predicted octanol–water partition coefficient (Wildman–Crippen LogP) is 3.53. The Labute approximate surface area is 159 Å². The number of carbonyl (C=O) groups is 1. The first-order valence-electron chi connectivity index (χ1n) is 9.47. The maximum atomic E-state index is 12.6. The zero-order chi connectivity index (χ0) is 18.5. The Morgan fingerprint density at radius 1 is 1.19 bits per heavy atom. The monoisotopic (exact) mass is 360 g/mol. The third-order valence-corrected chi connectivity index (χ3v) is 5.06. The number of nitrogens with zero attached hydrogens (tertiary/aromatic N) is 2. The van der Waals surface area contributed by atoms with Crippen LogP contribution in [0.15, 0.2) is 60.9 Å². The first-order valence-corrected chi connectivity index (χ1v) is 9.47. The Balaban J connectivity index is 1.47. The van der Waals surface area contributed by atoms with E-state index in [9.17, 15) is 4.79 Å². The first-order chi connectivity index (χ1) is 13.3. The summed E-state index contributed by atoms with van der Waals surface area (Å²) >= 11 is 0. The number of benzene rings is 1. The van der Waals surface area contributed by atoms with Crippen LogP contribution in [0.25, 0.3) is 17.1 Å². The van der Waals surface area contributed by atoms with Crippen molar-refractivity contribution in [1.29, 1.82) is 0 Å². The van der Waals surface area contributed by atoms with Crippen molar-refractivity contribution < 1.29 is 4.79 Å². The number of amides is 1. The molecule has 1 saturated heterocycles. The number of fused-ring (bicyclic) bond motifs is 1. The lowest BCUT2D eigenvalue weighted by Crippen LogP contribution is -2.36. The van der Waals surface area contributed by atoms with Crippen LogP contribution < -0.4 is 5.32 Å². The highest BCUT2D eigenvalue weighted by atomic mass is 16.1. The maximum Gasteiger partial charge on any atom is 0.244 e. The van der Waals surface area contributed by atoms with Gasteiger partial charge < -0.3 is 15.2 Å². The summed E-state index contributed by atoms with van der Waals surface area (Å²) < 4.78 is 0. The third-order valence-electron chi connectivity index (χ3n) is 5.06. The molecule has 138 valence electrons. The van der Waals surface area contributed by atoms with E-state index in [1.807, 2.05) is 42.6 Å². The van der Waals surface area contributed by atoms with E-state index in [0.717, 1.165) is 41.8 Å². The van der Waals surface area contributed by atoms with Crippen LogP contribution in [0.1, 0.15) is 30.0 Å². The lowest BCUT2D eigenvalue weighted by Gasteiger charge is -2.24. The van der Waals surface area contributed by atoms with Gasteiger partial charge in [0.05, 0.1) is 6.04 Å². The molecule has 0 unspecified atom stereocenters. The standard InChI is InChI=1S/C22H24N4O/c27-21(11-10-18-15-24-22-19(18)9-6-12-23-22)25-20(16-26-13-4-5-14-26)17-7-2-1-3-8-17/h1-3,6-12,15,20H,4-5,13-14,16H2,(H,23,24)(H,25,27)/t20-/m1/s1. The second-order valence-corrected chi connectivity index (χ2v) is 6.96. The predicted molar refractivity (Wildman–Crippen MR) is 108 cm³/mol. The van der Waals surface area contributed by atoms with Crippen molar-refractivity contribution in [3.63, 3.8) is 0 Å². The largest absolute Gasteiger partial charge is 0.346 e. The number of hydrogen-bond donors (Lipinski definition) is 2. The molecule has 1 aliphatic heterocycles. The Kier molecular flexibility index (Phi) is 5.30. The highest BCUT2D eigenvalue weighted by Crippen LogP contribution is 2.19. The summed E-state index contributed by atoms with van der Waals surface area (Å²) in [5, 5.41) is 4.19.